The zero-order valence-corrected chi connectivity index (χ0v) is 22.0. The van der Waals surface area contributed by atoms with Crippen LogP contribution < -0.4 is 9.47 Å². The molecule has 5 rings (SSSR count). The van der Waals surface area contributed by atoms with Crippen LogP contribution in [0.2, 0.25) is 5.02 Å². The van der Waals surface area contributed by atoms with Crippen molar-refractivity contribution >= 4 is 29.4 Å². The fraction of sp³-hybridized carbons (Fsp3) is 0.0667. The fourth-order valence-corrected chi connectivity index (χ4v) is 4.37. The van der Waals surface area contributed by atoms with Gasteiger partial charge in [-0.25, -0.2) is 4.99 Å². The van der Waals surface area contributed by atoms with Gasteiger partial charge in [0.1, 0.15) is 40.4 Å². The Labute approximate surface area is 233 Å². The number of nitrogens with zero attached hydrogens (tertiary/aromatic N) is 3. The first-order chi connectivity index (χ1) is 19.4. The summed E-state index contributed by atoms with van der Waals surface area (Å²) in [6.07, 6.45) is 1.43. The Hall–Kier alpha value is -5.33. The van der Waals surface area contributed by atoms with Gasteiger partial charge in [-0.15, -0.1) is 0 Å². The van der Waals surface area contributed by atoms with Gasteiger partial charge in [0.05, 0.1) is 30.4 Å². The van der Waals surface area contributed by atoms with Crippen LogP contribution in [-0.2, 0) is 0 Å². The Morgan fingerprint density at radius 1 is 0.925 bits per heavy atom. The summed E-state index contributed by atoms with van der Waals surface area (Å²) in [6.45, 7) is 0. The van der Waals surface area contributed by atoms with E-state index in [2.05, 4.69) is 11.1 Å². The number of non-ortho nitro benzene ring substituents is 1. The quantitative estimate of drug-likeness (QED) is 0.108. The van der Waals surface area contributed by atoms with E-state index in [0.29, 0.717) is 39.9 Å². The van der Waals surface area contributed by atoms with Gasteiger partial charge in [0, 0.05) is 28.8 Å². The lowest BCUT2D eigenvalue weighted by molar-refractivity contribution is -0.384. The lowest BCUT2D eigenvalue weighted by Gasteiger charge is -2.06. The standard InChI is InChI=1S/C30H20ClN3O6/c1-37-21-8-3-18(4-9-21)28-25(16-32)30(40-29(28)19-5-10-22(38-2)11-6-19)33-17-23-12-14-27(39-23)24-13-7-20(34(35)36)15-26(24)31/h3-15,17H,1-2H3. The predicted molar refractivity (Wildman–Crippen MR) is 150 cm³/mol. The molecule has 5 aromatic rings. The van der Waals surface area contributed by atoms with Crippen molar-refractivity contribution in [3.05, 3.63) is 105 Å². The highest BCUT2D eigenvalue weighted by atomic mass is 35.5. The van der Waals surface area contributed by atoms with Crippen molar-refractivity contribution in [2.24, 2.45) is 4.99 Å². The lowest BCUT2D eigenvalue weighted by Crippen LogP contribution is -1.88. The molecule has 3 aromatic carbocycles. The Balaban J connectivity index is 1.54. The molecule has 0 aliphatic carbocycles. The summed E-state index contributed by atoms with van der Waals surface area (Å²) in [6, 6.07) is 24.3. The van der Waals surface area contributed by atoms with Crippen LogP contribution in [0.15, 0.2) is 92.7 Å². The summed E-state index contributed by atoms with van der Waals surface area (Å²) in [5.41, 5.74) is 2.69. The van der Waals surface area contributed by atoms with Crippen LogP contribution in [0.25, 0.3) is 33.8 Å². The molecular formula is C30H20ClN3O6. The molecule has 0 radical (unpaired) electrons. The second kappa shape index (κ2) is 11.2. The van der Waals surface area contributed by atoms with Crippen molar-refractivity contribution in [1.82, 2.24) is 0 Å². The van der Waals surface area contributed by atoms with Crippen LogP contribution in [0.4, 0.5) is 11.6 Å². The summed E-state index contributed by atoms with van der Waals surface area (Å²) in [7, 11) is 3.17. The highest BCUT2D eigenvalue weighted by Gasteiger charge is 2.23. The average Bonchev–Trinajstić information content (AvgIpc) is 3.60. The molecule has 0 N–H and O–H groups in total. The maximum atomic E-state index is 11.0. The van der Waals surface area contributed by atoms with Crippen molar-refractivity contribution in [3.8, 4) is 51.3 Å². The summed E-state index contributed by atoms with van der Waals surface area (Å²) < 4.78 is 22.6. The van der Waals surface area contributed by atoms with E-state index >= 15 is 0 Å². The molecule has 0 bridgehead atoms. The number of halogens is 1. The van der Waals surface area contributed by atoms with E-state index in [4.69, 9.17) is 29.9 Å². The number of hydrogen-bond acceptors (Lipinski definition) is 8. The zero-order chi connectivity index (χ0) is 28.2. The number of benzene rings is 3. The van der Waals surface area contributed by atoms with E-state index in [1.165, 1.54) is 24.4 Å². The van der Waals surface area contributed by atoms with E-state index in [9.17, 15) is 15.4 Å². The largest absolute Gasteiger partial charge is 0.497 e. The molecule has 0 saturated carbocycles. The molecule has 10 heteroatoms. The van der Waals surface area contributed by atoms with Crippen LogP contribution in [0.3, 0.4) is 0 Å². The van der Waals surface area contributed by atoms with Crippen LogP contribution in [0, 0.1) is 21.4 Å². The minimum atomic E-state index is -0.521. The lowest BCUT2D eigenvalue weighted by atomic mass is 9.98. The molecule has 40 heavy (non-hydrogen) atoms. The van der Waals surface area contributed by atoms with Crippen molar-refractivity contribution in [3.63, 3.8) is 0 Å². The Bertz CT molecular complexity index is 1760. The summed E-state index contributed by atoms with van der Waals surface area (Å²) in [4.78, 5) is 14.9. The van der Waals surface area contributed by atoms with Crippen molar-refractivity contribution in [1.29, 1.82) is 5.26 Å². The van der Waals surface area contributed by atoms with Crippen LogP contribution in [-0.4, -0.2) is 25.4 Å². The monoisotopic (exact) mass is 553 g/mol. The van der Waals surface area contributed by atoms with Gasteiger partial charge in [-0.05, 0) is 60.2 Å². The minimum Gasteiger partial charge on any atom is -0.497 e. The van der Waals surface area contributed by atoms with Crippen molar-refractivity contribution in [2.75, 3.05) is 14.2 Å². The van der Waals surface area contributed by atoms with E-state index in [1.807, 2.05) is 24.3 Å². The van der Waals surface area contributed by atoms with Crippen molar-refractivity contribution in [2.45, 2.75) is 0 Å². The number of hydrogen-bond donors (Lipinski definition) is 0. The normalized spacial score (nSPS) is 10.9. The van der Waals surface area contributed by atoms with E-state index < -0.39 is 4.92 Å². The summed E-state index contributed by atoms with van der Waals surface area (Å²) >= 11 is 6.24. The molecular weight excluding hydrogens is 534 g/mol. The summed E-state index contributed by atoms with van der Waals surface area (Å²) in [5.74, 6) is 2.69. The van der Waals surface area contributed by atoms with Gasteiger partial charge in [0.15, 0.2) is 0 Å². The number of rotatable bonds is 8. The van der Waals surface area contributed by atoms with E-state index in [0.717, 1.165) is 11.1 Å². The molecule has 0 saturated heterocycles. The molecule has 0 aliphatic heterocycles. The maximum absolute atomic E-state index is 11.0. The van der Waals surface area contributed by atoms with Gasteiger partial charge in [-0.1, -0.05) is 23.7 Å². The Kier molecular flexibility index (Phi) is 7.35. The maximum Gasteiger partial charge on any atom is 0.270 e. The molecule has 9 nitrogen and oxygen atoms in total. The molecule has 0 fully saturated rings. The SMILES string of the molecule is COc1ccc(-c2oc(N=Cc3ccc(-c4ccc([N+](=O)[O-])cc4Cl)o3)c(C#N)c2-c2ccc(OC)cc2)cc1. The average molecular weight is 554 g/mol. The zero-order valence-electron chi connectivity index (χ0n) is 21.3. The molecule has 2 heterocycles. The smallest absolute Gasteiger partial charge is 0.270 e. The predicted octanol–water partition coefficient (Wildman–Crippen LogP) is 8.07. The van der Waals surface area contributed by atoms with Crippen LogP contribution in [0.1, 0.15) is 11.3 Å². The fourth-order valence-electron chi connectivity index (χ4n) is 4.10. The highest BCUT2D eigenvalue weighted by Crippen LogP contribution is 2.43. The molecule has 0 aliphatic rings. The number of aliphatic imine (C=N–C) groups is 1. The third-order valence-electron chi connectivity index (χ3n) is 6.10. The molecule has 0 atom stereocenters. The van der Waals surface area contributed by atoms with Gasteiger partial charge >= 0.3 is 0 Å². The van der Waals surface area contributed by atoms with Gasteiger partial charge in [-0.3, -0.25) is 10.1 Å². The molecule has 2 aromatic heterocycles. The topological polar surface area (TPSA) is 124 Å². The first kappa shape index (κ1) is 26.3. The van der Waals surface area contributed by atoms with Gasteiger partial charge < -0.3 is 18.3 Å². The van der Waals surface area contributed by atoms with Crippen molar-refractivity contribution < 1.29 is 23.2 Å². The summed E-state index contributed by atoms with van der Waals surface area (Å²) in [5, 5.41) is 21.3. The number of nitro groups is 1. The second-order valence-electron chi connectivity index (χ2n) is 8.44. The number of methoxy groups -OCH3 is 2. The van der Waals surface area contributed by atoms with Crippen LogP contribution >= 0.6 is 11.6 Å². The Morgan fingerprint density at radius 3 is 2.15 bits per heavy atom. The van der Waals surface area contributed by atoms with Gasteiger partial charge in [-0.2, -0.15) is 5.26 Å². The van der Waals surface area contributed by atoms with Gasteiger partial charge in [0.2, 0.25) is 5.88 Å². The third-order valence-corrected chi connectivity index (χ3v) is 6.41. The number of nitriles is 1. The number of furan rings is 2. The van der Waals surface area contributed by atoms with E-state index in [1.54, 1.807) is 50.6 Å². The molecule has 0 spiro atoms. The number of ether oxygens (including phenoxy) is 2. The molecule has 198 valence electrons. The first-order valence-electron chi connectivity index (χ1n) is 11.9. The number of nitro benzene ring substituents is 1. The first-order valence-corrected chi connectivity index (χ1v) is 12.2. The molecule has 0 unspecified atom stereocenters. The second-order valence-corrected chi connectivity index (χ2v) is 8.84. The third kappa shape index (κ3) is 5.16. The van der Waals surface area contributed by atoms with Gasteiger partial charge in [0.25, 0.3) is 5.69 Å². The highest BCUT2D eigenvalue weighted by molar-refractivity contribution is 6.33. The Morgan fingerprint density at radius 2 is 1.57 bits per heavy atom. The van der Waals surface area contributed by atoms with E-state index in [-0.39, 0.29) is 22.2 Å². The van der Waals surface area contributed by atoms with Crippen LogP contribution in [0.5, 0.6) is 11.5 Å². The minimum absolute atomic E-state index is 0.102. The molecule has 0 amide bonds.